The Morgan fingerprint density at radius 3 is 2.40 bits per heavy atom. The summed E-state index contributed by atoms with van der Waals surface area (Å²) in [5, 5.41) is 14.3. The van der Waals surface area contributed by atoms with Crippen molar-refractivity contribution in [3.63, 3.8) is 0 Å². The van der Waals surface area contributed by atoms with Crippen LogP contribution in [-0.2, 0) is 28.9 Å². The Balaban J connectivity index is 1.17. The molecule has 3 aromatic rings. The van der Waals surface area contributed by atoms with E-state index in [2.05, 4.69) is 16.4 Å². The lowest BCUT2D eigenvalue weighted by Gasteiger charge is -2.54. The molecule has 210 valence electrons. The van der Waals surface area contributed by atoms with Crippen molar-refractivity contribution in [1.29, 1.82) is 0 Å². The van der Waals surface area contributed by atoms with Gasteiger partial charge in [-0.2, -0.15) is 0 Å². The molecule has 4 bridgehead atoms. The smallest absolute Gasteiger partial charge is 0.411 e. The minimum atomic E-state index is -1.16. The Bertz CT molecular complexity index is 1390. The monoisotopic (exact) mass is 541 g/mol. The lowest BCUT2D eigenvalue weighted by molar-refractivity contribution is -0.137. The Morgan fingerprint density at radius 2 is 1.70 bits per heavy atom. The van der Waals surface area contributed by atoms with Crippen molar-refractivity contribution in [3.05, 3.63) is 71.4 Å². The molecule has 2 aromatic carbocycles. The fraction of sp³-hybridized carbons (Fsp3) is 0.515. The Morgan fingerprint density at radius 1 is 1.02 bits per heavy atom. The molecule has 2 amide bonds. The van der Waals surface area contributed by atoms with Crippen LogP contribution in [0.15, 0.2) is 54.6 Å². The van der Waals surface area contributed by atoms with Crippen LogP contribution < -0.4 is 5.32 Å². The second-order valence-electron chi connectivity index (χ2n) is 13.0. The maximum atomic E-state index is 14.1. The summed E-state index contributed by atoms with van der Waals surface area (Å²) >= 11 is 0. The first kappa shape index (κ1) is 25.6. The third-order valence-corrected chi connectivity index (χ3v) is 10.3. The van der Waals surface area contributed by atoms with Gasteiger partial charge in [-0.3, -0.25) is 9.69 Å². The summed E-state index contributed by atoms with van der Waals surface area (Å²) in [7, 11) is 0. The van der Waals surface area contributed by atoms with Gasteiger partial charge >= 0.3 is 6.09 Å². The van der Waals surface area contributed by atoms with Crippen LogP contribution in [0.1, 0.15) is 55.8 Å². The molecule has 0 spiro atoms. The van der Waals surface area contributed by atoms with Gasteiger partial charge in [0.15, 0.2) is 0 Å². The molecule has 4 aliphatic carbocycles. The molecule has 2 unspecified atom stereocenters. The number of aromatic amines is 1. The fourth-order valence-electron chi connectivity index (χ4n) is 8.48. The van der Waals surface area contributed by atoms with E-state index in [4.69, 9.17) is 4.74 Å². The normalized spacial score (nSPS) is 31.1. The molecule has 0 saturated heterocycles. The summed E-state index contributed by atoms with van der Waals surface area (Å²) in [5.74, 6) is 2.20. The van der Waals surface area contributed by atoms with Gasteiger partial charge in [0.1, 0.15) is 11.6 Å². The highest BCUT2D eigenvalue weighted by Gasteiger charge is 2.53. The molecule has 5 aliphatic rings. The second kappa shape index (κ2) is 9.95. The first-order chi connectivity index (χ1) is 19.4. The molecule has 4 saturated carbocycles. The molecule has 2 atom stereocenters. The van der Waals surface area contributed by atoms with Gasteiger partial charge in [0.25, 0.3) is 0 Å². The molecule has 7 nitrogen and oxygen atoms in total. The second-order valence-corrected chi connectivity index (χ2v) is 13.0. The average molecular weight is 542 g/mol. The summed E-state index contributed by atoms with van der Waals surface area (Å²) in [6, 6.07) is 17.5. The number of fused-ring (bicyclic) bond motifs is 3. The van der Waals surface area contributed by atoms with E-state index < -0.39 is 17.7 Å². The van der Waals surface area contributed by atoms with Crippen LogP contribution in [0.25, 0.3) is 10.9 Å². The number of amides is 2. The standard InChI is InChI=1S/C33H39N3O4/c1-33(31(38)34-25(19-37)16-20-7-3-2-4-8-20)17-27-26-9-5-6-10-28(26)35-29(27)18-36(33)32(39)40-30-23-12-21-11-22(14-23)15-24(30)13-21/h2-10,21-25,30,35,37H,11-19H2,1H3,(H,34,38). The average Bonchev–Trinajstić information content (AvgIpc) is 3.31. The highest BCUT2D eigenvalue weighted by molar-refractivity contribution is 5.93. The topological polar surface area (TPSA) is 94.7 Å². The van der Waals surface area contributed by atoms with E-state index in [1.807, 2.05) is 55.5 Å². The first-order valence-electron chi connectivity index (χ1n) is 14.9. The SMILES string of the molecule is CC1(C(=O)NC(CO)Cc2ccccc2)Cc2c([nH]c3ccccc23)CN1C(=O)OC1C2CC3CC(C2)CC1C3. The van der Waals surface area contributed by atoms with Crippen LogP contribution >= 0.6 is 0 Å². The number of ether oxygens (including phenoxy) is 1. The number of nitrogens with zero attached hydrogens (tertiary/aromatic N) is 1. The van der Waals surface area contributed by atoms with E-state index >= 15 is 0 Å². The third kappa shape index (κ3) is 4.39. The molecule has 40 heavy (non-hydrogen) atoms. The van der Waals surface area contributed by atoms with Crippen LogP contribution in [0.5, 0.6) is 0 Å². The van der Waals surface area contributed by atoms with E-state index in [-0.39, 0.29) is 25.2 Å². The number of aromatic nitrogens is 1. The molecule has 1 aromatic heterocycles. The summed E-state index contributed by atoms with van der Waals surface area (Å²) in [6.07, 6.45) is 6.41. The molecule has 8 rings (SSSR count). The van der Waals surface area contributed by atoms with Gasteiger partial charge in [-0.25, -0.2) is 4.79 Å². The number of aliphatic hydroxyl groups is 1. The van der Waals surface area contributed by atoms with E-state index in [0.29, 0.717) is 24.7 Å². The third-order valence-electron chi connectivity index (χ3n) is 10.3. The van der Waals surface area contributed by atoms with Gasteiger partial charge in [-0.05, 0) is 86.3 Å². The number of H-pyrrole nitrogens is 1. The molecular weight excluding hydrogens is 502 g/mol. The Kier molecular flexibility index (Phi) is 6.38. The van der Waals surface area contributed by atoms with Crippen LogP contribution in [0.4, 0.5) is 4.79 Å². The molecule has 0 radical (unpaired) electrons. The highest BCUT2D eigenvalue weighted by atomic mass is 16.6. The zero-order valence-electron chi connectivity index (χ0n) is 23.1. The zero-order chi connectivity index (χ0) is 27.4. The Labute approximate surface area is 235 Å². The van der Waals surface area contributed by atoms with E-state index in [1.54, 1.807) is 4.90 Å². The number of rotatable bonds is 6. The lowest BCUT2D eigenvalue weighted by atomic mass is 9.55. The van der Waals surface area contributed by atoms with Crippen molar-refractivity contribution < 1.29 is 19.4 Å². The minimum absolute atomic E-state index is 0.0556. The number of hydrogen-bond acceptors (Lipinski definition) is 4. The molecule has 3 N–H and O–H groups in total. The van der Waals surface area contributed by atoms with Gasteiger partial charge in [0.2, 0.25) is 5.91 Å². The molecule has 1 aliphatic heterocycles. The van der Waals surface area contributed by atoms with Gasteiger partial charge in [0.05, 0.1) is 19.2 Å². The minimum Gasteiger partial charge on any atom is -0.445 e. The van der Waals surface area contributed by atoms with Crippen LogP contribution in [0.3, 0.4) is 0 Å². The van der Waals surface area contributed by atoms with Crippen LogP contribution in [0.2, 0.25) is 0 Å². The van der Waals surface area contributed by atoms with Crippen molar-refractivity contribution in [2.75, 3.05) is 6.61 Å². The summed E-state index contributed by atoms with van der Waals surface area (Å²) in [4.78, 5) is 33.3. The van der Waals surface area contributed by atoms with Crippen LogP contribution in [0, 0.1) is 23.7 Å². The summed E-state index contributed by atoms with van der Waals surface area (Å²) < 4.78 is 6.37. The van der Waals surface area contributed by atoms with E-state index in [1.165, 1.54) is 6.42 Å². The summed E-state index contributed by atoms with van der Waals surface area (Å²) in [6.45, 7) is 1.94. The van der Waals surface area contributed by atoms with Crippen LogP contribution in [-0.4, -0.2) is 51.3 Å². The number of hydrogen-bond donors (Lipinski definition) is 3. The van der Waals surface area contributed by atoms with Gasteiger partial charge in [-0.15, -0.1) is 0 Å². The molecule has 4 fully saturated rings. The van der Waals surface area contributed by atoms with E-state index in [9.17, 15) is 14.7 Å². The Hall–Kier alpha value is -3.32. The number of aliphatic hydroxyl groups excluding tert-OH is 1. The van der Waals surface area contributed by atoms with Gasteiger partial charge < -0.3 is 20.1 Å². The first-order valence-corrected chi connectivity index (χ1v) is 14.9. The number of para-hydroxylation sites is 1. The number of carbonyl (C=O) groups excluding carboxylic acids is 2. The van der Waals surface area contributed by atoms with Crippen molar-refractivity contribution in [2.24, 2.45) is 23.7 Å². The van der Waals surface area contributed by atoms with Gasteiger partial charge in [0, 0.05) is 23.0 Å². The molecule has 7 heteroatoms. The maximum absolute atomic E-state index is 14.1. The summed E-state index contributed by atoms with van der Waals surface area (Å²) in [5.41, 5.74) is 2.90. The molecule has 2 heterocycles. The number of carbonyl (C=O) groups is 2. The van der Waals surface area contributed by atoms with Crippen molar-refractivity contribution in [2.45, 2.75) is 76.1 Å². The highest BCUT2D eigenvalue weighted by Crippen LogP contribution is 2.55. The quantitative estimate of drug-likeness (QED) is 0.411. The lowest BCUT2D eigenvalue weighted by Crippen LogP contribution is -2.64. The largest absolute Gasteiger partial charge is 0.445 e. The molecular formula is C33H39N3O4. The van der Waals surface area contributed by atoms with Crippen molar-refractivity contribution in [3.8, 4) is 0 Å². The number of benzene rings is 2. The predicted molar refractivity (Wildman–Crippen MR) is 152 cm³/mol. The van der Waals surface area contributed by atoms with Gasteiger partial charge in [-0.1, -0.05) is 48.5 Å². The van der Waals surface area contributed by atoms with Crippen molar-refractivity contribution >= 4 is 22.9 Å². The fourth-order valence-corrected chi connectivity index (χ4v) is 8.48. The predicted octanol–water partition coefficient (Wildman–Crippen LogP) is 4.97. The maximum Gasteiger partial charge on any atom is 0.411 e. The number of nitrogens with one attached hydrogen (secondary N) is 2. The zero-order valence-corrected chi connectivity index (χ0v) is 23.1. The van der Waals surface area contributed by atoms with Crippen molar-refractivity contribution in [1.82, 2.24) is 15.2 Å². The van der Waals surface area contributed by atoms with E-state index in [0.717, 1.165) is 65.2 Å².